The fourth-order valence-corrected chi connectivity index (χ4v) is 2.57. The zero-order valence-electron chi connectivity index (χ0n) is 11.1. The van der Waals surface area contributed by atoms with Gasteiger partial charge in [0.05, 0.1) is 5.56 Å². The SMILES string of the molecule is CC(C)(C)C1CCN(C(=O)c2ccc(Br)nc2)C1. The number of likely N-dealkylation sites (tertiary alicyclic amines) is 1. The van der Waals surface area contributed by atoms with E-state index in [4.69, 9.17) is 0 Å². The number of hydrogen-bond donors (Lipinski definition) is 0. The zero-order chi connectivity index (χ0) is 13.3. The Kier molecular flexibility index (Phi) is 3.76. The van der Waals surface area contributed by atoms with Crippen LogP contribution in [0, 0.1) is 11.3 Å². The maximum Gasteiger partial charge on any atom is 0.255 e. The highest BCUT2D eigenvalue weighted by Gasteiger charge is 2.34. The van der Waals surface area contributed by atoms with Gasteiger partial charge in [0, 0.05) is 19.3 Å². The van der Waals surface area contributed by atoms with E-state index in [1.165, 1.54) is 0 Å². The molecular formula is C14H19BrN2O. The van der Waals surface area contributed by atoms with Gasteiger partial charge in [-0.1, -0.05) is 20.8 Å². The van der Waals surface area contributed by atoms with Crippen LogP contribution < -0.4 is 0 Å². The summed E-state index contributed by atoms with van der Waals surface area (Å²) in [7, 11) is 0. The molecule has 1 saturated heterocycles. The molecule has 1 aromatic heterocycles. The van der Waals surface area contributed by atoms with Gasteiger partial charge in [-0.15, -0.1) is 0 Å². The Morgan fingerprint density at radius 2 is 2.17 bits per heavy atom. The Morgan fingerprint density at radius 1 is 1.44 bits per heavy atom. The summed E-state index contributed by atoms with van der Waals surface area (Å²) < 4.78 is 0.757. The topological polar surface area (TPSA) is 33.2 Å². The van der Waals surface area contributed by atoms with Gasteiger partial charge in [0.25, 0.3) is 5.91 Å². The second kappa shape index (κ2) is 5.00. The minimum atomic E-state index is 0.0988. The molecule has 1 amide bonds. The zero-order valence-corrected chi connectivity index (χ0v) is 12.7. The Labute approximate surface area is 117 Å². The number of carbonyl (C=O) groups is 1. The van der Waals surface area contributed by atoms with Crippen LogP contribution in [0.5, 0.6) is 0 Å². The van der Waals surface area contributed by atoms with Crippen molar-refractivity contribution in [2.45, 2.75) is 27.2 Å². The monoisotopic (exact) mass is 310 g/mol. The molecule has 0 bridgehead atoms. The van der Waals surface area contributed by atoms with E-state index in [9.17, 15) is 4.79 Å². The third-order valence-corrected chi connectivity index (χ3v) is 4.14. The van der Waals surface area contributed by atoms with Crippen molar-refractivity contribution < 1.29 is 4.79 Å². The molecule has 2 rings (SSSR count). The summed E-state index contributed by atoms with van der Waals surface area (Å²) in [4.78, 5) is 18.4. The molecule has 1 aliphatic heterocycles. The normalized spacial score (nSPS) is 20.2. The van der Waals surface area contributed by atoms with Crippen LogP contribution >= 0.6 is 15.9 Å². The molecule has 0 N–H and O–H groups in total. The maximum atomic E-state index is 12.3. The quantitative estimate of drug-likeness (QED) is 0.745. The number of halogens is 1. The predicted octanol–water partition coefficient (Wildman–Crippen LogP) is 3.35. The molecule has 4 heteroatoms. The van der Waals surface area contributed by atoms with E-state index < -0.39 is 0 Å². The van der Waals surface area contributed by atoms with Crippen LogP contribution in [0.2, 0.25) is 0 Å². The second-order valence-electron chi connectivity index (χ2n) is 5.97. The van der Waals surface area contributed by atoms with Crippen LogP contribution in [0.15, 0.2) is 22.9 Å². The van der Waals surface area contributed by atoms with Gasteiger partial charge in [-0.3, -0.25) is 4.79 Å². The number of nitrogens with zero attached hydrogens (tertiary/aromatic N) is 2. The number of carbonyl (C=O) groups excluding carboxylic acids is 1. The van der Waals surface area contributed by atoms with E-state index in [0.717, 1.165) is 24.1 Å². The molecule has 0 aromatic carbocycles. The molecule has 0 saturated carbocycles. The predicted molar refractivity (Wildman–Crippen MR) is 75.4 cm³/mol. The molecule has 3 nitrogen and oxygen atoms in total. The average molecular weight is 311 g/mol. The fourth-order valence-electron chi connectivity index (χ4n) is 2.34. The Balaban J connectivity index is 2.06. The van der Waals surface area contributed by atoms with E-state index in [-0.39, 0.29) is 11.3 Å². The Hall–Kier alpha value is -0.900. The van der Waals surface area contributed by atoms with Gasteiger partial charge in [0.2, 0.25) is 0 Å². The Bertz CT molecular complexity index is 436. The standard InChI is InChI=1S/C14H19BrN2O/c1-14(2,3)11-6-7-17(9-11)13(18)10-4-5-12(15)16-8-10/h4-5,8,11H,6-7,9H2,1-3H3. The van der Waals surface area contributed by atoms with E-state index in [1.807, 2.05) is 17.0 Å². The van der Waals surface area contributed by atoms with Gasteiger partial charge in [0.1, 0.15) is 4.60 Å². The van der Waals surface area contributed by atoms with Gasteiger partial charge < -0.3 is 4.90 Å². The van der Waals surface area contributed by atoms with E-state index in [2.05, 4.69) is 41.7 Å². The highest BCUT2D eigenvalue weighted by Crippen LogP contribution is 2.34. The summed E-state index contributed by atoms with van der Waals surface area (Å²) in [5, 5.41) is 0. The Morgan fingerprint density at radius 3 is 2.67 bits per heavy atom. The molecule has 2 heterocycles. The molecule has 0 aliphatic carbocycles. The van der Waals surface area contributed by atoms with Crippen LogP contribution in [-0.4, -0.2) is 28.9 Å². The molecule has 1 aliphatic rings. The summed E-state index contributed by atoms with van der Waals surface area (Å²) in [5.74, 6) is 0.687. The summed E-state index contributed by atoms with van der Waals surface area (Å²) >= 11 is 3.28. The maximum absolute atomic E-state index is 12.3. The molecule has 1 atom stereocenters. The second-order valence-corrected chi connectivity index (χ2v) is 6.78. The average Bonchev–Trinajstić information content (AvgIpc) is 2.78. The van der Waals surface area contributed by atoms with Gasteiger partial charge in [-0.2, -0.15) is 0 Å². The summed E-state index contributed by atoms with van der Waals surface area (Å²) in [6.45, 7) is 8.45. The lowest BCUT2D eigenvalue weighted by Crippen LogP contribution is -2.31. The minimum Gasteiger partial charge on any atom is -0.338 e. The third-order valence-electron chi connectivity index (χ3n) is 3.67. The van der Waals surface area contributed by atoms with Crippen molar-refractivity contribution in [3.05, 3.63) is 28.5 Å². The van der Waals surface area contributed by atoms with Gasteiger partial charge >= 0.3 is 0 Å². The number of pyridine rings is 1. The number of aromatic nitrogens is 1. The summed E-state index contributed by atoms with van der Waals surface area (Å²) in [6, 6.07) is 3.63. The van der Waals surface area contributed by atoms with Crippen molar-refractivity contribution in [2.75, 3.05) is 13.1 Å². The van der Waals surface area contributed by atoms with Crippen LogP contribution in [0.1, 0.15) is 37.6 Å². The molecule has 0 radical (unpaired) electrons. The number of amides is 1. The van der Waals surface area contributed by atoms with Crippen LogP contribution in [0.4, 0.5) is 0 Å². The lowest BCUT2D eigenvalue weighted by atomic mass is 9.80. The summed E-state index contributed by atoms with van der Waals surface area (Å²) in [5.41, 5.74) is 0.945. The highest BCUT2D eigenvalue weighted by molar-refractivity contribution is 9.10. The van der Waals surface area contributed by atoms with Crippen molar-refractivity contribution >= 4 is 21.8 Å². The molecule has 1 unspecified atom stereocenters. The lowest BCUT2D eigenvalue weighted by Gasteiger charge is -2.26. The summed E-state index contributed by atoms with van der Waals surface area (Å²) in [6.07, 6.45) is 2.73. The smallest absolute Gasteiger partial charge is 0.255 e. The highest BCUT2D eigenvalue weighted by atomic mass is 79.9. The number of hydrogen-bond acceptors (Lipinski definition) is 2. The van der Waals surface area contributed by atoms with Gasteiger partial charge in [-0.05, 0) is 45.8 Å². The van der Waals surface area contributed by atoms with Crippen LogP contribution in [-0.2, 0) is 0 Å². The van der Waals surface area contributed by atoms with Crippen LogP contribution in [0.25, 0.3) is 0 Å². The van der Waals surface area contributed by atoms with Crippen molar-refractivity contribution in [1.29, 1.82) is 0 Å². The first-order valence-electron chi connectivity index (χ1n) is 6.29. The first-order chi connectivity index (χ1) is 8.38. The van der Waals surface area contributed by atoms with Gasteiger partial charge in [-0.25, -0.2) is 4.98 Å². The molecule has 0 spiro atoms. The van der Waals surface area contributed by atoms with E-state index >= 15 is 0 Å². The van der Waals surface area contributed by atoms with E-state index in [0.29, 0.717) is 11.5 Å². The van der Waals surface area contributed by atoms with Crippen molar-refractivity contribution in [2.24, 2.45) is 11.3 Å². The van der Waals surface area contributed by atoms with E-state index in [1.54, 1.807) is 6.20 Å². The number of rotatable bonds is 1. The molecule has 18 heavy (non-hydrogen) atoms. The van der Waals surface area contributed by atoms with Crippen molar-refractivity contribution in [3.8, 4) is 0 Å². The van der Waals surface area contributed by atoms with Crippen molar-refractivity contribution in [1.82, 2.24) is 9.88 Å². The van der Waals surface area contributed by atoms with Gasteiger partial charge in [0.15, 0.2) is 0 Å². The van der Waals surface area contributed by atoms with Crippen LogP contribution in [0.3, 0.4) is 0 Å². The lowest BCUT2D eigenvalue weighted by molar-refractivity contribution is 0.0776. The largest absolute Gasteiger partial charge is 0.338 e. The third kappa shape index (κ3) is 2.91. The first kappa shape index (κ1) is 13.5. The fraction of sp³-hybridized carbons (Fsp3) is 0.571. The molecule has 1 aromatic rings. The molecule has 1 fully saturated rings. The molecular weight excluding hydrogens is 292 g/mol. The first-order valence-corrected chi connectivity index (χ1v) is 7.08. The van der Waals surface area contributed by atoms with Crippen molar-refractivity contribution in [3.63, 3.8) is 0 Å². The molecule has 98 valence electrons. The minimum absolute atomic E-state index is 0.0988.